The number of carboxylic acids is 3. The highest BCUT2D eigenvalue weighted by molar-refractivity contribution is 6.04. The largest absolute Gasteiger partial charge is 0.481 e. The second kappa shape index (κ2) is 25.9. The molecule has 1 aliphatic rings. The van der Waals surface area contributed by atoms with Gasteiger partial charge >= 0.3 is 42.2 Å². The van der Waals surface area contributed by atoms with Crippen molar-refractivity contribution in [3.05, 3.63) is 106 Å². The van der Waals surface area contributed by atoms with Gasteiger partial charge in [-0.15, -0.1) is 0 Å². The van der Waals surface area contributed by atoms with Crippen LogP contribution in [0.3, 0.4) is 0 Å². The maximum absolute atomic E-state index is 13.5. The minimum absolute atomic E-state index is 0.151. The number of benzene rings is 3. The fourth-order valence-corrected chi connectivity index (χ4v) is 4.54. The first-order valence-corrected chi connectivity index (χ1v) is 17.1. The van der Waals surface area contributed by atoms with Crippen LogP contribution < -0.4 is 10.6 Å². The molecule has 19 nitrogen and oxygen atoms in total. The van der Waals surface area contributed by atoms with Crippen LogP contribution in [0.15, 0.2) is 42.5 Å². The minimum Gasteiger partial charge on any atom is -0.481 e. The summed E-state index contributed by atoms with van der Waals surface area (Å²) in [6.07, 6.45) is -5.27. The van der Waals surface area contributed by atoms with Gasteiger partial charge in [-0.1, -0.05) is 0 Å². The number of carbonyl (C=O) groups is 9. The number of halogens is 9. The van der Waals surface area contributed by atoms with Gasteiger partial charge in [-0.3, -0.25) is 28.9 Å². The van der Waals surface area contributed by atoms with E-state index < -0.39 is 155 Å². The highest BCUT2D eigenvalue weighted by Crippen LogP contribution is 2.19. The fourth-order valence-electron chi connectivity index (χ4n) is 4.54. The Hall–Kier alpha value is -7.94. The third-order valence-electron chi connectivity index (χ3n) is 7.55. The molecule has 28 heteroatoms. The molecule has 5 N–H and O–H groups in total. The summed E-state index contributed by atoms with van der Waals surface area (Å²) in [7, 11) is 3.08. The molecule has 0 spiro atoms. The zero-order chi connectivity index (χ0) is 49.9. The molecule has 0 aliphatic carbocycles. The molecule has 0 radical (unpaired) electrons. The van der Waals surface area contributed by atoms with Crippen LogP contribution in [-0.2, 0) is 38.1 Å². The van der Waals surface area contributed by atoms with E-state index in [4.69, 9.17) is 15.3 Å². The topological polar surface area (TPSA) is 279 Å². The Bertz CT molecular complexity index is 2180. The van der Waals surface area contributed by atoms with Crippen LogP contribution in [0.5, 0.6) is 0 Å². The molecule has 3 aromatic carbocycles. The molecule has 3 aromatic rings. The molecule has 0 bridgehead atoms. The molecule has 3 amide bonds. The summed E-state index contributed by atoms with van der Waals surface area (Å²) in [4.78, 5) is 101. The van der Waals surface area contributed by atoms with Gasteiger partial charge in [0, 0.05) is 18.2 Å². The normalized spacial score (nSPS) is 13.3. The van der Waals surface area contributed by atoms with E-state index in [0.29, 0.717) is 18.2 Å². The summed E-state index contributed by atoms with van der Waals surface area (Å²) >= 11 is 0. The lowest BCUT2D eigenvalue weighted by atomic mass is 10.0. The molecule has 3 atom stereocenters. The Balaban J connectivity index is 0.000000452. The number of nitrogens with zero attached hydrogens (tertiary/aromatic N) is 1. The Labute approximate surface area is 357 Å². The van der Waals surface area contributed by atoms with Crippen molar-refractivity contribution in [1.29, 1.82) is 0 Å². The van der Waals surface area contributed by atoms with E-state index in [-0.39, 0.29) is 18.9 Å². The molecular weight excluding hydrogens is 913 g/mol. The van der Waals surface area contributed by atoms with E-state index in [0.717, 1.165) is 38.4 Å². The van der Waals surface area contributed by atoms with Gasteiger partial charge in [-0.25, -0.2) is 58.7 Å². The molecule has 0 unspecified atom stereocenters. The minimum atomic E-state index is -1.69. The zero-order valence-corrected chi connectivity index (χ0v) is 33.1. The lowest BCUT2D eigenvalue weighted by Gasteiger charge is -2.16. The first-order valence-electron chi connectivity index (χ1n) is 17.1. The van der Waals surface area contributed by atoms with Crippen molar-refractivity contribution in [2.45, 2.75) is 37.4 Å². The summed E-state index contributed by atoms with van der Waals surface area (Å²) in [5.41, 5.74) is -1.76. The quantitative estimate of drug-likeness (QED) is 0.0550. The van der Waals surface area contributed by atoms with Crippen LogP contribution in [0.1, 0.15) is 40.0 Å². The monoisotopic (exact) mass is 945 g/mol. The number of ether oxygens (including phenoxy) is 4. The van der Waals surface area contributed by atoms with Crippen LogP contribution in [0, 0.1) is 52.4 Å². The first kappa shape index (κ1) is 55.1. The molecular formula is C37H32F9N3O16. The average Bonchev–Trinajstić information content (AvgIpc) is 3.59. The molecule has 65 heavy (non-hydrogen) atoms. The number of nitrogens with one attached hydrogen (secondary N) is 2. The first-order chi connectivity index (χ1) is 30.3. The van der Waals surface area contributed by atoms with Gasteiger partial charge in [0.15, 0.2) is 53.2 Å². The smallest absolute Gasteiger partial charge is 0.412 e. The molecule has 4 rings (SSSR count). The number of methoxy groups -OCH3 is 3. The second-order valence-electron chi connectivity index (χ2n) is 12.0. The van der Waals surface area contributed by atoms with Crippen molar-refractivity contribution in [1.82, 2.24) is 15.5 Å². The van der Waals surface area contributed by atoms with Crippen molar-refractivity contribution in [3.63, 3.8) is 0 Å². The number of esters is 1. The van der Waals surface area contributed by atoms with Crippen LogP contribution in [-0.4, -0.2) is 120 Å². The number of carbonyl (C=O) groups excluding carboxylic acids is 6. The molecule has 0 aromatic heterocycles. The van der Waals surface area contributed by atoms with E-state index in [1.165, 1.54) is 0 Å². The molecule has 0 saturated carbocycles. The van der Waals surface area contributed by atoms with E-state index in [1.54, 1.807) is 0 Å². The third kappa shape index (κ3) is 17.8. The van der Waals surface area contributed by atoms with E-state index >= 15 is 0 Å². The molecule has 1 saturated heterocycles. The summed E-state index contributed by atoms with van der Waals surface area (Å²) in [5.74, 6) is -18.9. The summed E-state index contributed by atoms with van der Waals surface area (Å²) in [5, 5.41) is 29.6. The molecule has 1 fully saturated rings. The number of amides is 3. The zero-order valence-electron chi connectivity index (χ0n) is 33.1. The number of Topliss-reactive ketones (excluding diaryl/α,β-unsaturated/α-hetero) is 2. The van der Waals surface area contributed by atoms with Gasteiger partial charge in [0.25, 0.3) is 0 Å². The number of carboxylic acid groups (broad SMARTS) is 3. The maximum atomic E-state index is 13.5. The fraction of sp³-hybridized carbons (Fsp3) is 0.270. The molecule has 1 aliphatic heterocycles. The number of alkyl carbamates (subject to hydrolysis) is 2. The van der Waals surface area contributed by atoms with Crippen LogP contribution >= 0.6 is 0 Å². The van der Waals surface area contributed by atoms with Crippen molar-refractivity contribution in [2.24, 2.45) is 0 Å². The van der Waals surface area contributed by atoms with E-state index in [9.17, 15) is 82.7 Å². The van der Waals surface area contributed by atoms with E-state index in [2.05, 4.69) is 18.9 Å². The molecule has 1 heterocycles. The maximum Gasteiger partial charge on any atom is 0.412 e. The van der Waals surface area contributed by atoms with Crippen LogP contribution in [0.25, 0.3) is 0 Å². The van der Waals surface area contributed by atoms with Gasteiger partial charge < -0.3 is 44.9 Å². The Kier molecular flexibility index (Phi) is 21.9. The average molecular weight is 946 g/mol. The predicted molar refractivity (Wildman–Crippen MR) is 192 cm³/mol. The van der Waals surface area contributed by atoms with Crippen LogP contribution in [0.2, 0.25) is 0 Å². The highest BCUT2D eigenvalue weighted by atomic mass is 19.2. The lowest BCUT2D eigenvalue weighted by molar-refractivity contribution is -0.144. The van der Waals surface area contributed by atoms with Gasteiger partial charge in [0.2, 0.25) is 0 Å². The standard InChI is InChI=1S/2C12H10F3NO5.C7H9NO6.C6H3F3/c2*1-21-12(20)16-9(4-10(17)18)11(19)5-2-7(14)8(15)3-6(5)13;1-13-7(12)8-3-14-6(11)4(8)2-5(9)10;7-4-1-2-5(8)6(9)3-4/h2*2-3,9H,4H2,1H3,(H,16,20)(H,17,18);4H,2-3H2,1H3,(H,9,10);1-3H/t2*9-;4-;/m000./s1. The predicted octanol–water partition coefficient (Wildman–Crippen LogP) is 4.49. The summed E-state index contributed by atoms with van der Waals surface area (Å²) in [6, 6.07) is -1.47. The summed E-state index contributed by atoms with van der Waals surface area (Å²) in [6.45, 7) is -0.260. The number of hydrogen-bond acceptors (Lipinski definition) is 13. The van der Waals surface area contributed by atoms with Gasteiger partial charge in [0.05, 0.1) is 51.7 Å². The van der Waals surface area contributed by atoms with Crippen molar-refractivity contribution in [2.75, 3.05) is 28.1 Å². The number of rotatable bonds is 12. The highest BCUT2D eigenvalue weighted by Gasteiger charge is 2.40. The lowest BCUT2D eigenvalue weighted by Crippen LogP contribution is -2.42. The number of cyclic esters (lactones) is 1. The number of ketones is 2. The Morgan fingerprint density at radius 2 is 1.00 bits per heavy atom. The third-order valence-corrected chi connectivity index (χ3v) is 7.55. The molecule has 354 valence electrons. The van der Waals surface area contributed by atoms with Crippen molar-refractivity contribution >= 4 is 53.7 Å². The van der Waals surface area contributed by atoms with Crippen molar-refractivity contribution < 1.29 is 117 Å². The Morgan fingerprint density at radius 1 is 0.600 bits per heavy atom. The van der Waals surface area contributed by atoms with E-state index in [1.807, 2.05) is 10.6 Å². The SMILES string of the molecule is COC(=O)N1COC(=O)[C@@H]1CC(=O)O.COC(=O)N[C@@H](CC(=O)O)C(=O)c1cc(F)c(F)cc1F.COC(=O)N[C@@H](CC(=O)O)C(=O)c1cc(F)c(F)cc1F.Fc1ccc(F)c(F)c1. The van der Waals surface area contributed by atoms with Gasteiger partial charge in [-0.05, 0) is 24.3 Å². The van der Waals surface area contributed by atoms with Gasteiger partial charge in [-0.2, -0.15) is 0 Å². The van der Waals surface area contributed by atoms with Crippen molar-refractivity contribution in [3.8, 4) is 0 Å². The summed E-state index contributed by atoms with van der Waals surface area (Å²) < 4.78 is 132. The van der Waals surface area contributed by atoms with Gasteiger partial charge in [0.1, 0.15) is 35.6 Å². The van der Waals surface area contributed by atoms with Crippen LogP contribution in [0.4, 0.5) is 53.9 Å². The Morgan fingerprint density at radius 3 is 1.34 bits per heavy atom. The number of aliphatic carboxylic acids is 3. The second-order valence-corrected chi connectivity index (χ2v) is 12.0. The number of hydrogen-bond donors (Lipinski definition) is 5.